The SMILES string of the molecule is Cc1ccc(C(=S)OC(C#N)c2ccccc2)cc1.OC(=S)c1ccccc1. The number of aliphatic hydroxyl groups excluding tert-OH is 1. The first-order valence-corrected chi connectivity index (χ1v) is 9.33. The second-order valence-electron chi connectivity index (χ2n) is 5.86. The highest BCUT2D eigenvalue weighted by molar-refractivity contribution is 7.80. The second-order valence-corrected chi connectivity index (χ2v) is 6.62. The van der Waals surface area contributed by atoms with Gasteiger partial charge in [-0.2, -0.15) is 5.26 Å². The minimum atomic E-state index is -0.671. The van der Waals surface area contributed by atoms with E-state index in [0.717, 1.165) is 16.7 Å². The molecule has 0 aliphatic rings. The molecule has 3 aromatic rings. The quantitative estimate of drug-likeness (QED) is 0.550. The first kappa shape index (κ1) is 21.2. The lowest BCUT2D eigenvalue weighted by molar-refractivity contribution is 0.257. The number of ether oxygens (including phenoxy) is 1. The third-order valence-electron chi connectivity index (χ3n) is 3.75. The highest BCUT2D eigenvalue weighted by Gasteiger charge is 2.14. The van der Waals surface area contributed by atoms with E-state index in [2.05, 4.69) is 18.3 Å². The Hall–Kier alpha value is -3.07. The van der Waals surface area contributed by atoms with Gasteiger partial charge in [0.25, 0.3) is 0 Å². The summed E-state index contributed by atoms with van der Waals surface area (Å²) in [5.41, 5.74) is 3.48. The fourth-order valence-corrected chi connectivity index (χ4v) is 2.61. The molecule has 0 radical (unpaired) electrons. The van der Waals surface area contributed by atoms with E-state index in [4.69, 9.17) is 22.1 Å². The lowest BCUT2D eigenvalue weighted by Gasteiger charge is -2.13. The molecule has 0 heterocycles. The van der Waals surface area contributed by atoms with Crippen molar-refractivity contribution in [1.29, 1.82) is 5.26 Å². The smallest absolute Gasteiger partial charge is 0.210 e. The molecule has 0 aliphatic carbocycles. The van der Waals surface area contributed by atoms with Crippen molar-refractivity contribution in [3.8, 4) is 6.07 Å². The van der Waals surface area contributed by atoms with Crippen molar-refractivity contribution in [3.63, 3.8) is 0 Å². The van der Waals surface area contributed by atoms with Crippen molar-refractivity contribution in [2.75, 3.05) is 0 Å². The molecule has 0 spiro atoms. The van der Waals surface area contributed by atoms with E-state index in [1.165, 1.54) is 0 Å². The Kier molecular flexibility index (Phi) is 8.29. The van der Waals surface area contributed by atoms with Gasteiger partial charge in [0.05, 0.1) is 0 Å². The van der Waals surface area contributed by atoms with Gasteiger partial charge in [0.15, 0.2) is 10.1 Å². The lowest BCUT2D eigenvalue weighted by atomic mass is 10.1. The van der Waals surface area contributed by atoms with E-state index in [-0.39, 0.29) is 5.05 Å². The molecule has 5 heteroatoms. The summed E-state index contributed by atoms with van der Waals surface area (Å²) >= 11 is 9.75. The number of thiocarbonyl (C=S) groups is 2. The van der Waals surface area contributed by atoms with Gasteiger partial charge in [-0.15, -0.1) is 0 Å². The molecular formula is C23H19NO2S2. The van der Waals surface area contributed by atoms with E-state index >= 15 is 0 Å². The molecule has 28 heavy (non-hydrogen) atoms. The van der Waals surface area contributed by atoms with Crippen LogP contribution in [-0.2, 0) is 4.74 Å². The molecule has 1 unspecified atom stereocenters. The van der Waals surface area contributed by atoms with E-state index in [1.807, 2.05) is 79.7 Å². The first-order valence-electron chi connectivity index (χ1n) is 8.52. The molecule has 0 bridgehead atoms. The summed E-state index contributed by atoms with van der Waals surface area (Å²) in [4.78, 5) is 0. The van der Waals surface area contributed by atoms with Crippen molar-refractivity contribution in [2.45, 2.75) is 13.0 Å². The van der Waals surface area contributed by atoms with Crippen LogP contribution in [0.3, 0.4) is 0 Å². The van der Waals surface area contributed by atoms with Crippen LogP contribution in [0.25, 0.3) is 0 Å². The third kappa shape index (κ3) is 6.58. The van der Waals surface area contributed by atoms with Crippen LogP contribution in [-0.4, -0.2) is 15.2 Å². The summed E-state index contributed by atoms with van der Waals surface area (Å²) in [6.45, 7) is 2.01. The third-order valence-corrected chi connectivity index (χ3v) is 4.32. The Labute approximate surface area is 175 Å². The van der Waals surface area contributed by atoms with Crippen LogP contribution in [0.15, 0.2) is 84.9 Å². The fraction of sp³-hybridized carbons (Fsp3) is 0.0870. The molecule has 0 saturated carbocycles. The molecule has 1 N–H and O–H groups in total. The van der Waals surface area contributed by atoms with Crippen LogP contribution in [0, 0.1) is 18.3 Å². The van der Waals surface area contributed by atoms with Crippen LogP contribution >= 0.6 is 24.4 Å². The number of hydrogen-bond acceptors (Lipinski definition) is 4. The minimum Gasteiger partial charge on any atom is -0.499 e. The number of aryl methyl sites for hydroxylation is 1. The Balaban J connectivity index is 0.000000261. The molecule has 0 aromatic heterocycles. The van der Waals surface area contributed by atoms with Gasteiger partial charge in [-0.1, -0.05) is 90.5 Å². The Morgan fingerprint density at radius 3 is 1.86 bits per heavy atom. The van der Waals surface area contributed by atoms with E-state index < -0.39 is 6.10 Å². The van der Waals surface area contributed by atoms with Gasteiger partial charge in [-0.05, 0) is 31.4 Å². The predicted molar refractivity (Wildman–Crippen MR) is 120 cm³/mol. The van der Waals surface area contributed by atoms with Crippen LogP contribution in [0.2, 0.25) is 0 Å². The maximum absolute atomic E-state index is 9.18. The van der Waals surface area contributed by atoms with Crippen molar-refractivity contribution >= 4 is 34.5 Å². The van der Waals surface area contributed by atoms with Crippen molar-refractivity contribution in [2.24, 2.45) is 0 Å². The minimum absolute atomic E-state index is 0.0457. The summed E-state index contributed by atoms with van der Waals surface area (Å²) < 4.78 is 5.58. The number of benzene rings is 3. The molecule has 0 fully saturated rings. The molecule has 3 rings (SSSR count). The zero-order valence-electron chi connectivity index (χ0n) is 15.3. The molecule has 3 aromatic carbocycles. The molecule has 140 valence electrons. The van der Waals surface area contributed by atoms with Gasteiger partial charge in [0.1, 0.15) is 6.07 Å². The van der Waals surface area contributed by atoms with Gasteiger partial charge >= 0.3 is 0 Å². The summed E-state index contributed by atoms with van der Waals surface area (Å²) in [5.74, 6) is 0. The van der Waals surface area contributed by atoms with E-state index in [0.29, 0.717) is 10.6 Å². The first-order chi connectivity index (χ1) is 13.5. The number of nitriles is 1. The zero-order chi connectivity index (χ0) is 20.4. The number of nitrogens with zero attached hydrogens (tertiary/aromatic N) is 1. The highest BCUT2D eigenvalue weighted by atomic mass is 32.1. The number of rotatable bonds is 4. The molecule has 3 nitrogen and oxygen atoms in total. The van der Waals surface area contributed by atoms with E-state index in [9.17, 15) is 5.26 Å². The molecule has 1 atom stereocenters. The Bertz CT molecular complexity index is 949. The van der Waals surface area contributed by atoms with Crippen LogP contribution in [0.1, 0.15) is 28.4 Å². The molecule has 0 aliphatic heterocycles. The summed E-state index contributed by atoms with van der Waals surface area (Å²) in [6.07, 6.45) is -0.671. The van der Waals surface area contributed by atoms with Crippen molar-refractivity contribution < 1.29 is 9.84 Å². The average molecular weight is 406 g/mol. The van der Waals surface area contributed by atoms with Gasteiger partial charge in [0.2, 0.25) is 6.10 Å². The maximum atomic E-state index is 9.18. The largest absolute Gasteiger partial charge is 0.499 e. The Morgan fingerprint density at radius 1 is 0.857 bits per heavy atom. The van der Waals surface area contributed by atoms with Crippen LogP contribution in [0.4, 0.5) is 0 Å². The summed E-state index contributed by atoms with van der Waals surface area (Å²) in [5, 5.41) is 18.2. The van der Waals surface area contributed by atoms with Crippen LogP contribution in [0.5, 0.6) is 0 Å². The fourth-order valence-electron chi connectivity index (χ4n) is 2.24. The highest BCUT2D eigenvalue weighted by Crippen LogP contribution is 2.19. The summed E-state index contributed by atoms with van der Waals surface area (Å²) in [7, 11) is 0. The predicted octanol–water partition coefficient (Wildman–Crippen LogP) is 5.87. The lowest BCUT2D eigenvalue weighted by Crippen LogP contribution is -2.09. The molecule has 0 saturated heterocycles. The average Bonchev–Trinajstić information content (AvgIpc) is 2.74. The molecular weight excluding hydrogens is 386 g/mol. The zero-order valence-corrected chi connectivity index (χ0v) is 16.9. The normalized spacial score (nSPS) is 10.6. The number of hydrogen-bond donors (Lipinski definition) is 1. The van der Waals surface area contributed by atoms with Gasteiger partial charge in [0, 0.05) is 16.7 Å². The monoisotopic (exact) mass is 405 g/mol. The molecule has 0 amide bonds. The standard InChI is InChI=1S/C16H13NOS.C7H6OS/c1-12-7-9-14(10-8-12)16(19)18-15(11-17)13-5-3-2-4-6-13;8-7(9)6-4-2-1-3-5-6/h2-10,15H,1H3;1-5H,(H,8,9). The topological polar surface area (TPSA) is 53.2 Å². The van der Waals surface area contributed by atoms with E-state index in [1.54, 1.807) is 12.1 Å². The van der Waals surface area contributed by atoms with Gasteiger partial charge < -0.3 is 9.84 Å². The van der Waals surface area contributed by atoms with Crippen LogP contribution < -0.4 is 0 Å². The van der Waals surface area contributed by atoms with Crippen molar-refractivity contribution in [1.82, 2.24) is 0 Å². The summed E-state index contributed by atoms with van der Waals surface area (Å²) in [6, 6.07) is 28.3. The number of aliphatic hydroxyl groups is 1. The Morgan fingerprint density at radius 2 is 1.39 bits per heavy atom. The second kappa shape index (κ2) is 10.9. The van der Waals surface area contributed by atoms with Gasteiger partial charge in [-0.3, -0.25) is 0 Å². The maximum Gasteiger partial charge on any atom is 0.210 e. The van der Waals surface area contributed by atoms with Crippen molar-refractivity contribution in [3.05, 3.63) is 107 Å². The van der Waals surface area contributed by atoms with Gasteiger partial charge in [-0.25, -0.2) is 0 Å².